The summed E-state index contributed by atoms with van der Waals surface area (Å²) in [5, 5.41) is 0. The lowest BCUT2D eigenvalue weighted by molar-refractivity contribution is 0.575. The molecular weight excluding hydrogens is 282 g/mol. The van der Waals surface area contributed by atoms with Gasteiger partial charge in [-0.05, 0) is 40.9 Å². The van der Waals surface area contributed by atoms with E-state index in [-0.39, 0.29) is 0 Å². The van der Waals surface area contributed by atoms with E-state index in [0.717, 1.165) is 28.6 Å². The zero-order valence-corrected chi connectivity index (χ0v) is 11.4. The minimum Gasteiger partial charge on any atom is -0.461 e. The van der Waals surface area contributed by atoms with Crippen molar-refractivity contribution in [3.63, 3.8) is 0 Å². The molecule has 2 aromatic heterocycles. The lowest BCUT2D eigenvalue weighted by Gasteiger charge is -2.07. The number of nitrogens with two attached hydrogens (primary N) is 1. The van der Waals surface area contributed by atoms with Gasteiger partial charge in [0.25, 0.3) is 0 Å². The number of aromatic nitrogens is 2. The molecule has 5 heteroatoms. The molecule has 0 aliphatic heterocycles. The van der Waals surface area contributed by atoms with Gasteiger partial charge in [0.2, 0.25) is 0 Å². The van der Waals surface area contributed by atoms with E-state index in [1.54, 1.807) is 6.26 Å². The van der Waals surface area contributed by atoms with Crippen LogP contribution < -0.4 is 5.73 Å². The first-order chi connectivity index (χ1) is 8.13. The fourth-order valence-corrected chi connectivity index (χ4v) is 1.99. The van der Waals surface area contributed by atoms with E-state index in [0.29, 0.717) is 17.4 Å². The van der Waals surface area contributed by atoms with Gasteiger partial charge < -0.3 is 10.2 Å². The third kappa shape index (κ3) is 2.34. The topological polar surface area (TPSA) is 64.9 Å². The van der Waals surface area contributed by atoms with E-state index in [2.05, 4.69) is 32.8 Å². The minimum absolute atomic E-state index is 0.453. The Morgan fingerprint density at radius 2 is 2.18 bits per heavy atom. The molecule has 0 unspecified atom stereocenters. The van der Waals surface area contributed by atoms with Crippen LogP contribution in [0.3, 0.4) is 0 Å². The highest BCUT2D eigenvalue weighted by molar-refractivity contribution is 9.10. The maximum absolute atomic E-state index is 5.87. The van der Waals surface area contributed by atoms with Crippen LogP contribution in [0.2, 0.25) is 0 Å². The Bertz CT molecular complexity index is 537. The number of nitrogens with zero attached hydrogens (tertiary/aromatic N) is 2. The molecule has 17 heavy (non-hydrogen) atoms. The van der Waals surface area contributed by atoms with Crippen LogP contribution in [0.1, 0.15) is 24.6 Å². The molecule has 0 saturated carbocycles. The molecule has 2 heterocycles. The van der Waals surface area contributed by atoms with Crippen molar-refractivity contribution in [2.24, 2.45) is 0 Å². The van der Waals surface area contributed by atoms with Crippen molar-refractivity contribution in [3.8, 4) is 11.6 Å². The van der Waals surface area contributed by atoms with Crippen LogP contribution in [0.25, 0.3) is 11.6 Å². The number of hydrogen-bond donors (Lipinski definition) is 1. The number of halogens is 1. The van der Waals surface area contributed by atoms with Gasteiger partial charge in [-0.15, -0.1) is 0 Å². The van der Waals surface area contributed by atoms with Gasteiger partial charge >= 0.3 is 0 Å². The Hall–Kier alpha value is -1.36. The van der Waals surface area contributed by atoms with Crippen LogP contribution >= 0.6 is 15.9 Å². The second-order valence-corrected chi connectivity index (χ2v) is 4.67. The SMILES string of the molecule is CCCc1nc(-c2occc2C)nc(N)c1Br. The van der Waals surface area contributed by atoms with Gasteiger partial charge in [0.05, 0.1) is 16.4 Å². The van der Waals surface area contributed by atoms with Crippen LogP contribution in [-0.2, 0) is 6.42 Å². The average Bonchev–Trinajstić information content (AvgIpc) is 2.71. The zero-order valence-electron chi connectivity index (χ0n) is 9.83. The van der Waals surface area contributed by atoms with Crippen LogP contribution in [0, 0.1) is 6.92 Å². The molecule has 0 fully saturated rings. The monoisotopic (exact) mass is 295 g/mol. The lowest BCUT2D eigenvalue weighted by atomic mass is 10.2. The summed E-state index contributed by atoms with van der Waals surface area (Å²) in [4.78, 5) is 8.74. The average molecular weight is 296 g/mol. The molecule has 0 aromatic carbocycles. The Morgan fingerprint density at radius 3 is 2.76 bits per heavy atom. The molecule has 0 saturated heterocycles. The van der Waals surface area contributed by atoms with Crippen molar-refractivity contribution in [1.29, 1.82) is 0 Å². The van der Waals surface area contributed by atoms with E-state index in [1.165, 1.54) is 0 Å². The smallest absolute Gasteiger partial charge is 0.198 e. The van der Waals surface area contributed by atoms with E-state index >= 15 is 0 Å². The molecule has 4 nitrogen and oxygen atoms in total. The van der Waals surface area contributed by atoms with Crippen molar-refractivity contribution in [2.75, 3.05) is 5.73 Å². The van der Waals surface area contributed by atoms with E-state index in [9.17, 15) is 0 Å². The molecule has 0 aliphatic carbocycles. The van der Waals surface area contributed by atoms with Gasteiger partial charge in [0, 0.05) is 0 Å². The summed E-state index contributed by atoms with van der Waals surface area (Å²) < 4.78 is 6.17. The summed E-state index contributed by atoms with van der Waals surface area (Å²) in [5.41, 5.74) is 7.80. The van der Waals surface area contributed by atoms with E-state index in [1.807, 2.05) is 13.0 Å². The Morgan fingerprint density at radius 1 is 1.41 bits per heavy atom. The van der Waals surface area contributed by atoms with Crippen LogP contribution in [0.15, 0.2) is 21.2 Å². The fourth-order valence-electron chi connectivity index (χ4n) is 1.62. The quantitative estimate of drug-likeness (QED) is 0.943. The van der Waals surface area contributed by atoms with Crippen molar-refractivity contribution in [2.45, 2.75) is 26.7 Å². The van der Waals surface area contributed by atoms with Crippen molar-refractivity contribution in [1.82, 2.24) is 9.97 Å². The van der Waals surface area contributed by atoms with E-state index in [4.69, 9.17) is 10.2 Å². The highest BCUT2D eigenvalue weighted by Crippen LogP contribution is 2.27. The maximum atomic E-state index is 5.87. The molecule has 2 N–H and O–H groups in total. The number of aryl methyl sites for hydroxylation is 2. The Kier molecular flexibility index (Phi) is 3.47. The summed E-state index contributed by atoms with van der Waals surface area (Å²) in [6.45, 7) is 4.06. The third-order valence-corrected chi connectivity index (χ3v) is 3.36. The molecule has 0 amide bonds. The molecule has 0 spiro atoms. The Balaban J connectivity index is 2.53. The highest BCUT2D eigenvalue weighted by atomic mass is 79.9. The zero-order chi connectivity index (χ0) is 12.4. The number of anilines is 1. The second-order valence-electron chi connectivity index (χ2n) is 3.88. The van der Waals surface area contributed by atoms with Crippen LogP contribution in [0.5, 0.6) is 0 Å². The first kappa shape index (κ1) is 12.1. The largest absolute Gasteiger partial charge is 0.461 e. The van der Waals surface area contributed by atoms with Crippen molar-refractivity contribution >= 4 is 21.7 Å². The molecule has 0 bridgehead atoms. The van der Waals surface area contributed by atoms with E-state index < -0.39 is 0 Å². The van der Waals surface area contributed by atoms with Gasteiger partial charge in [-0.2, -0.15) is 0 Å². The normalized spacial score (nSPS) is 10.8. The molecule has 2 aromatic rings. The van der Waals surface area contributed by atoms with Gasteiger partial charge in [0.1, 0.15) is 5.82 Å². The number of hydrogen-bond acceptors (Lipinski definition) is 4. The predicted octanol–water partition coefficient (Wildman–Crippen LogP) is 3.34. The van der Waals surface area contributed by atoms with Gasteiger partial charge in [0.15, 0.2) is 11.6 Å². The summed E-state index contributed by atoms with van der Waals surface area (Å²) in [7, 11) is 0. The van der Waals surface area contributed by atoms with Crippen molar-refractivity contribution in [3.05, 3.63) is 28.1 Å². The lowest BCUT2D eigenvalue weighted by Crippen LogP contribution is -2.02. The van der Waals surface area contributed by atoms with Gasteiger partial charge in [-0.25, -0.2) is 9.97 Å². The predicted molar refractivity (Wildman–Crippen MR) is 70.6 cm³/mol. The minimum atomic E-state index is 0.453. The summed E-state index contributed by atoms with van der Waals surface area (Å²) in [6.07, 6.45) is 3.50. The summed E-state index contributed by atoms with van der Waals surface area (Å²) >= 11 is 3.42. The van der Waals surface area contributed by atoms with Crippen molar-refractivity contribution < 1.29 is 4.42 Å². The second kappa shape index (κ2) is 4.87. The molecule has 90 valence electrons. The standard InChI is InChI=1S/C12H14BrN3O/c1-3-4-8-9(13)11(14)16-12(15-8)10-7(2)5-6-17-10/h5-6H,3-4H2,1-2H3,(H2,14,15,16). The Labute approximate surface area is 108 Å². The van der Waals surface area contributed by atoms with Crippen LogP contribution in [0.4, 0.5) is 5.82 Å². The summed E-state index contributed by atoms with van der Waals surface area (Å²) in [5.74, 6) is 1.69. The first-order valence-corrected chi connectivity index (χ1v) is 6.29. The molecular formula is C12H14BrN3O. The molecule has 0 aliphatic rings. The van der Waals surface area contributed by atoms with Gasteiger partial charge in [-0.1, -0.05) is 13.3 Å². The number of rotatable bonds is 3. The summed E-state index contributed by atoms with van der Waals surface area (Å²) in [6, 6.07) is 1.89. The highest BCUT2D eigenvalue weighted by Gasteiger charge is 2.14. The third-order valence-electron chi connectivity index (χ3n) is 2.50. The number of furan rings is 1. The van der Waals surface area contributed by atoms with Gasteiger partial charge in [-0.3, -0.25) is 0 Å². The first-order valence-electron chi connectivity index (χ1n) is 5.49. The molecule has 2 rings (SSSR count). The molecule has 0 atom stereocenters. The number of nitrogen functional groups attached to an aromatic ring is 1. The maximum Gasteiger partial charge on any atom is 0.198 e. The van der Waals surface area contributed by atoms with Crippen LogP contribution in [-0.4, -0.2) is 9.97 Å². The fraction of sp³-hybridized carbons (Fsp3) is 0.333. The molecule has 0 radical (unpaired) electrons.